The van der Waals surface area contributed by atoms with Gasteiger partial charge >= 0.3 is 6.09 Å². The lowest BCUT2D eigenvalue weighted by Crippen LogP contribution is -2.50. The van der Waals surface area contributed by atoms with E-state index >= 15 is 0 Å². The molecule has 5 rings (SSSR count). The van der Waals surface area contributed by atoms with Gasteiger partial charge in [0.1, 0.15) is 0 Å². The van der Waals surface area contributed by atoms with Crippen LogP contribution in [0.2, 0.25) is 0 Å². The van der Waals surface area contributed by atoms with Crippen LogP contribution in [0.15, 0.2) is 83.8 Å². The summed E-state index contributed by atoms with van der Waals surface area (Å²) >= 11 is 1.41. The largest absolute Gasteiger partial charge is 0.450 e. The Morgan fingerprint density at radius 2 is 1.58 bits per heavy atom. The van der Waals surface area contributed by atoms with E-state index in [0.717, 1.165) is 10.2 Å². The average Bonchev–Trinajstić information content (AvgIpc) is 3.37. The van der Waals surface area contributed by atoms with Gasteiger partial charge in [-0.2, -0.15) is 4.31 Å². The summed E-state index contributed by atoms with van der Waals surface area (Å²) in [6, 6.07) is 22.8. The van der Waals surface area contributed by atoms with Gasteiger partial charge in [0.15, 0.2) is 5.13 Å². The van der Waals surface area contributed by atoms with Crippen molar-refractivity contribution < 1.29 is 22.7 Å². The summed E-state index contributed by atoms with van der Waals surface area (Å²) in [7, 11) is -3.79. The first-order valence-corrected chi connectivity index (χ1v) is 14.4. The number of anilines is 2. The fourth-order valence-electron chi connectivity index (χ4n) is 4.22. The smallest absolute Gasteiger partial charge is 0.409 e. The lowest BCUT2D eigenvalue weighted by Gasteiger charge is -2.33. The Morgan fingerprint density at radius 3 is 2.24 bits per heavy atom. The maximum atomic E-state index is 13.7. The molecular weight excluding hydrogens is 524 g/mol. The molecule has 196 valence electrons. The summed E-state index contributed by atoms with van der Waals surface area (Å²) in [5.41, 5.74) is 1.79. The molecule has 11 heteroatoms. The molecule has 0 spiro atoms. The van der Waals surface area contributed by atoms with E-state index in [-0.39, 0.29) is 43.6 Å². The molecule has 0 N–H and O–H groups in total. The van der Waals surface area contributed by atoms with Crippen molar-refractivity contribution in [1.82, 2.24) is 14.2 Å². The summed E-state index contributed by atoms with van der Waals surface area (Å²) in [5, 5.41) is 0.526. The van der Waals surface area contributed by atoms with Crippen LogP contribution in [-0.4, -0.2) is 67.4 Å². The van der Waals surface area contributed by atoms with Gasteiger partial charge in [0, 0.05) is 31.7 Å². The number of piperazine rings is 1. The van der Waals surface area contributed by atoms with E-state index in [0.29, 0.717) is 16.4 Å². The Hall–Kier alpha value is -3.80. The number of carbonyl (C=O) groups excluding carboxylic acids is 2. The van der Waals surface area contributed by atoms with E-state index in [1.54, 1.807) is 11.8 Å². The zero-order chi connectivity index (χ0) is 26.7. The molecule has 1 aromatic heterocycles. The second-order valence-electron chi connectivity index (χ2n) is 8.55. The topological polar surface area (TPSA) is 100 Å². The molecule has 0 aliphatic carbocycles. The Labute approximate surface area is 224 Å². The highest BCUT2D eigenvalue weighted by molar-refractivity contribution is 7.89. The van der Waals surface area contributed by atoms with E-state index in [1.165, 1.54) is 44.8 Å². The highest BCUT2D eigenvalue weighted by Crippen LogP contribution is 2.34. The third-order valence-electron chi connectivity index (χ3n) is 6.20. The van der Waals surface area contributed by atoms with Crippen molar-refractivity contribution in [2.45, 2.75) is 11.8 Å². The Bertz CT molecular complexity index is 1510. The molecule has 2 heterocycles. The van der Waals surface area contributed by atoms with Crippen LogP contribution in [0.5, 0.6) is 0 Å². The minimum Gasteiger partial charge on any atom is -0.450 e. The molecular formula is C27H26N4O5S2. The summed E-state index contributed by atoms with van der Waals surface area (Å²) in [6.07, 6.45) is -0.441. The number of amides is 2. The van der Waals surface area contributed by atoms with Gasteiger partial charge in [0.2, 0.25) is 10.0 Å². The second kappa shape index (κ2) is 10.9. The van der Waals surface area contributed by atoms with Crippen LogP contribution in [0.3, 0.4) is 0 Å². The molecule has 4 aromatic rings. The molecule has 0 atom stereocenters. The third kappa shape index (κ3) is 5.13. The number of nitrogens with zero attached hydrogens (tertiary/aromatic N) is 4. The van der Waals surface area contributed by atoms with Gasteiger partial charge in [0.25, 0.3) is 5.91 Å². The molecule has 1 saturated heterocycles. The van der Waals surface area contributed by atoms with E-state index in [2.05, 4.69) is 4.98 Å². The quantitative estimate of drug-likeness (QED) is 0.344. The van der Waals surface area contributed by atoms with Gasteiger partial charge in [-0.05, 0) is 55.5 Å². The molecule has 38 heavy (non-hydrogen) atoms. The van der Waals surface area contributed by atoms with Crippen molar-refractivity contribution >= 4 is 54.4 Å². The lowest BCUT2D eigenvalue weighted by molar-refractivity contribution is 0.0933. The molecule has 9 nitrogen and oxygen atoms in total. The normalized spacial score (nSPS) is 14.4. The highest BCUT2D eigenvalue weighted by atomic mass is 32.2. The van der Waals surface area contributed by atoms with Crippen LogP contribution in [0.4, 0.5) is 15.6 Å². The number of hydrogen-bond donors (Lipinski definition) is 0. The molecule has 0 saturated carbocycles. The molecule has 1 aliphatic rings. The molecule has 0 unspecified atom stereocenters. The number of fused-ring (bicyclic) bond motifs is 1. The minimum atomic E-state index is -3.79. The number of sulfonamides is 1. The number of rotatable bonds is 6. The SMILES string of the molecule is CCOC(=O)N1CCN(S(=O)(=O)c2ccc(C(=O)N(c3ccccc3)c3nc4ccccc4s3)cc2)CC1. The average molecular weight is 551 g/mol. The van der Waals surface area contributed by atoms with Gasteiger partial charge < -0.3 is 9.64 Å². The summed E-state index contributed by atoms with van der Waals surface area (Å²) in [6.45, 7) is 2.84. The van der Waals surface area contributed by atoms with Crippen LogP contribution < -0.4 is 4.90 Å². The number of benzene rings is 3. The monoisotopic (exact) mass is 550 g/mol. The van der Waals surface area contributed by atoms with Gasteiger partial charge in [-0.3, -0.25) is 9.69 Å². The maximum absolute atomic E-state index is 13.7. The number of aromatic nitrogens is 1. The molecule has 3 aromatic carbocycles. The second-order valence-corrected chi connectivity index (χ2v) is 11.5. The third-order valence-corrected chi connectivity index (χ3v) is 9.13. The maximum Gasteiger partial charge on any atom is 0.409 e. The van der Waals surface area contributed by atoms with E-state index in [4.69, 9.17) is 4.74 Å². The predicted molar refractivity (Wildman–Crippen MR) is 146 cm³/mol. The van der Waals surface area contributed by atoms with Crippen molar-refractivity contribution in [2.75, 3.05) is 37.7 Å². The predicted octanol–water partition coefficient (Wildman–Crippen LogP) is 4.74. The van der Waals surface area contributed by atoms with Crippen molar-refractivity contribution in [3.63, 3.8) is 0 Å². The number of hydrogen-bond acceptors (Lipinski definition) is 7. The minimum absolute atomic E-state index is 0.0879. The molecule has 1 aliphatic heterocycles. The fourth-order valence-corrected chi connectivity index (χ4v) is 6.63. The molecule has 0 radical (unpaired) electrons. The van der Waals surface area contributed by atoms with Crippen LogP contribution >= 0.6 is 11.3 Å². The highest BCUT2D eigenvalue weighted by Gasteiger charge is 2.31. The van der Waals surface area contributed by atoms with Crippen LogP contribution in [0.1, 0.15) is 17.3 Å². The summed E-state index contributed by atoms with van der Waals surface area (Å²) < 4.78 is 33.8. The van der Waals surface area contributed by atoms with Crippen molar-refractivity contribution in [3.8, 4) is 0 Å². The number of carbonyl (C=O) groups is 2. The summed E-state index contributed by atoms with van der Waals surface area (Å²) in [4.78, 5) is 33.5. The van der Waals surface area contributed by atoms with Crippen LogP contribution in [0, 0.1) is 0 Å². The molecule has 1 fully saturated rings. The van der Waals surface area contributed by atoms with Gasteiger partial charge in [-0.25, -0.2) is 18.2 Å². The molecule has 2 amide bonds. The lowest BCUT2D eigenvalue weighted by atomic mass is 10.2. The Morgan fingerprint density at radius 1 is 0.921 bits per heavy atom. The Balaban J connectivity index is 1.38. The fraction of sp³-hybridized carbons (Fsp3) is 0.222. The van der Waals surface area contributed by atoms with Gasteiger partial charge in [0.05, 0.1) is 27.4 Å². The zero-order valence-electron chi connectivity index (χ0n) is 20.7. The van der Waals surface area contributed by atoms with E-state index in [1.807, 2.05) is 54.6 Å². The van der Waals surface area contributed by atoms with Crippen LogP contribution in [0.25, 0.3) is 10.2 Å². The number of para-hydroxylation sites is 2. The molecule has 0 bridgehead atoms. The number of ether oxygens (including phenoxy) is 1. The van der Waals surface area contributed by atoms with Gasteiger partial charge in [-0.15, -0.1) is 0 Å². The standard InChI is InChI=1S/C27H26N4O5S2/c1-2-36-27(33)29-16-18-30(19-17-29)38(34,35)22-14-12-20(13-15-22)25(32)31(21-8-4-3-5-9-21)26-28-23-10-6-7-11-24(23)37-26/h3-15H,2,16-19H2,1H3. The number of thiazole rings is 1. The van der Waals surface area contributed by atoms with Crippen LogP contribution in [-0.2, 0) is 14.8 Å². The van der Waals surface area contributed by atoms with Crippen molar-refractivity contribution in [3.05, 3.63) is 84.4 Å². The van der Waals surface area contributed by atoms with Gasteiger partial charge in [-0.1, -0.05) is 41.7 Å². The Kier molecular flexibility index (Phi) is 7.41. The first-order valence-electron chi connectivity index (χ1n) is 12.2. The van der Waals surface area contributed by atoms with E-state index in [9.17, 15) is 18.0 Å². The van der Waals surface area contributed by atoms with E-state index < -0.39 is 16.1 Å². The van der Waals surface area contributed by atoms with Crippen molar-refractivity contribution in [2.24, 2.45) is 0 Å². The first-order chi connectivity index (χ1) is 18.4. The van der Waals surface area contributed by atoms with Crippen molar-refractivity contribution in [1.29, 1.82) is 0 Å². The zero-order valence-corrected chi connectivity index (χ0v) is 22.3. The summed E-state index contributed by atoms with van der Waals surface area (Å²) in [5.74, 6) is -0.317. The first kappa shape index (κ1) is 25.8.